The molecule has 0 spiro atoms. The molecular weight excluding hydrogens is 250 g/mol. The van der Waals surface area contributed by atoms with E-state index in [0.717, 1.165) is 30.9 Å². The molecule has 0 saturated heterocycles. The Morgan fingerprint density at radius 3 is 2.50 bits per heavy atom. The van der Waals surface area contributed by atoms with Crippen molar-refractivity contribution in [3.63, 3.8) is 0 Å². The number of pyridine rings is 1. The minimum atomic E-state index is 0.536. The van der Waals surface area contributed by atoms with E-state index < -0.39 is 0 Å². The molecule has 1 N–H and O–H groups in total. The van der Waals surface area contributed by atoms with Crippen LogP contribution in [-0.4, -0.2) is 41.7 Å². The van der Waals surface area contributed by atoms with Gasteiger partial charge in [-0.3, -0.25) is 9.88 Å². The van der Waals surface area contributed by atoms with Gasteiger partial charge in [0.05, 0.1) is 18.1 Å². The highest BCUT2D eigenvalue weighted by atomic mass is 16.5. The fourth-order valence-corrected chi connectivity index (χ4v) is 2.25. The molecule has 20 heavy (non-hydrogen) atoms. The summed E-state index contributed by atoms with van der Waals surface area (Å²) in [4.78, 5) is 6.63. The Kier molecular flexibility index (Phi) is 7.37. The molecule has 1 heterocycles. The van der Waals surface area contributed by atoms with E-state index in [2.05, 4.69) is 49.8 Å². The van der Waals surface area contributed by atoms with Crippen LogP contribution in [0.2, 0.25) is 0 Å². The lowest BCUT2D eigenvalue weighted by atomic mass is 10.2. The second kappa shape index (κ2) is 8.80. The van der Waals surface area contributed by atoms with Gasteiger partial charge < -0.3 is 10.1 Å². The number of aromatic nitrogens is 1. The molecule has 0 atom stereocenters. The van der Waals surface area contributed by atoms with Gasteiger partial charge in [0, 0.05) is 31.2 Å². The predicted octanol–water partition coefficient (Wildman–Crippen LogP) is 3.40. The average molecular weight is 279 g/mol. The van der Waals surface area contributed by atoms with Gasteiger partial charge in [0.2, 0.25) is 0 Å². The fourth-order valence-electron chi connectivity index (χ4n) is 2.25. The lowest BCUT2D eigenvalue weighted by Gasteiger charge is -2.30. The van der Waals surface area contributed by atoms with E-state index >= 15 is 0 Å². The highest BCUT2D eigenvalue weighted by Crippen LogP contribution is 2.15. The van der Waals surface area contributed by atoms with E-state index in [4.69, 9.17) is 4.74 Å². The van der Waals surface area contributed by atoms with Gasteiger partial charge in [-0.05, 0) is 34.1 Å². The van der Waals surface area contributed by atoms with E-state index in [1.54, 1.807) is 6.20 Å². The lowest BCUT2D eigenvalue weighted by Crippen LogP contribution is -2.39. The number of rotatable bonds is 9. The van der Waals surface area contributed by atoms with Crippen LogP contribution in [0.1, 0.15) is 41.0 Å². The second-order valence-corrected chi connectivity index (χ2v) is 5.61. The molecule has 0 radical (unpaired) electrons. The number of ether oxygens (including phenoxy) is 1. The molecule has 4 nitrogen and oxygen atoms in total. The van der Waals surface area contributed by atoms with Crippen molar-refractivity contribution in [2.45, 2.75) is 53.1 Å². The Hall–Kier alpha value is -1.29. The van der Waals surface area contributed by atoms with Crippen LogP contribution in [-0.2, 0) is 0 Å². The van der Waals surface area contributed by atoms with Gasteiger partial charge in [0.1, 0.15) is 12.4 Å². The molecule has 0 aliphatic rings. The first-order chi connectivity index (χ1) is 9.54. The van der Waals surface area contributed by atoms with Crippen molar-refractivity contribution in [3.05, 3.63) is 18.5 Å². The summed E-state index contributed by atoms with van der Waals surface area (Å²) in [7, 11) is 0. The molecule has 0 aromatic carbocycles. The van der Waals surface area contributed by atoms with Crippen LogP contribution in [0.25, 0.3) is 0 Å². The smallest absolute Gasteiger partial charge is 0.139 e. The Labute approximate surface area is 123 Å². The molecule has 4 heteroatoms. The average Bonchev–Trinajstić information content (AvgIpc) is 2.41. The summed E-state index contributed by atoms with van der Waals surface area (Å²) in [6.45, 7) is 13.6. The van der Waals surface area contributed by atoms with Gasteiger partial charge >= 0.3 is 0 Å². The Morgan fingerprint density at radius 2 is 1.90 bits per heavy atom. The molecule has 1 aromatic heterocycles. The first-order valence-corrected chi connectivity index (χ1v) is 7.62. The maximum absolute atomic E-state index is 5.81. The van der Waals surface area contributed by atoms with Crippen LogP contribution in [0.3, 0.4) is 0 Å². The second-order valence-electron chi connectivity index (χ2n) is 5.61. The van der Waals surface area contributed by atoms with E-state index in [1.165, 1.54) is 0 Å². The zero-order chi connectivity index (χ0) is 15.0. The van der Waals surface area contributed by atoms with Crippen molar-refractivity contribution in [2.24, 2.45) is 0 Å². The monoisotopic (exact) mass is 279 g/mol. The summed E-state index contributed by atoms with van der Waals surface area (Å²) >= 11 is 0. The third kappa shape index (κ3) is 5.78. The van der Waals surface area contributed by atoms with Crippen LogP contribution in [0.4, 0.5) is 5.69 Å². The topological polar surface area (TPSA) is 37.4 Å². The molecule has 1 rings (SSSR count). The highest BCUT2D eigenvalue weighted by Gasteiger charge is 2.12. The summed E-state index contributed by atoms with van der Waals surface area (Å²) < 4.78 is 5.81. The quantitative estimate of drug-likeness (QED) is 0.752. The standard InChI is InChI=1S/C16H29N3O/c1-6-7-18-15-10-16(12-17-11-15)20-9-8-19(13(2)3)14(4)5/h10-14,18H,6-9H2,1-5H3. The summed E-state index contributed by atoms with van der Waals surface area (Å²) in [6, 6.07) is 3.08. The molecule has 0 bridgehead atoms. The lowest BCUT2D eigenvalue weighted by molar-refractivity contribution is 0.142. The third-order valence-electron chi connectivity index (χ3n) is 3.24. The number of anilines is 1. The molecule has 0 saturated carbocycles. The van der Waals surface area contributed by atoms with E-state index in [9.17, 15) is 0 Å². The van der Waals surface area contributed by atoms with Gasteiger partial charge in [-0.25, -0.2) is 0 Å². The molecule has 0 amide bonds. The minimum Gasteiger partial charge on any atom is -0.491 e. The van der Waals surface area contributed by atoms with E-state index in [-0.39, 0.29) is 0 Å². The molecule has 1 aromatic rings. The molecule has 114 valence electrons. The summed E-state index contributed by atoms with van der Waals surface area (Å²) in [5, 5.41) is 3.32. The molecule has 0 fully saturated rings. The fraction of sp³-hybridized carbons (Fsp3) is 0.688. The van der Waals surface area contributed by atoms with E-state index in [0.29, 0.717) is 18.7 Å². The molecule has 0 aliphatic heterocycles. The SMILES string of the molecule is CCCNc1cncc(OCCN(C(C)C)C(C)C)c1. The van der Waals surface area contributed by atoms with Gasteiger partial charge in [0.15, 0.2) is 0 Å². The highest BCUT2D eigenvalue weighted by molar-refractivity contribution is 5.44. The van der Waals surface area contributed by atoms with Crippen LogP contribution in [0.5, 0.6) is 5.75 Å². The van der Waals surface area contributed by atoms with Gasteiger partial charge in [0.25, 0.3) is 0 Å². The first-order valence-electron chi connectivity index (χ1n) is 7.62. The zero-order valence-corrected chi connectivity index (χ0v) is 13.5. The van der Waals surface area contributed by atoms with Crippen LogP contribution in [0.15, 0.2) is 18.5 Å². The molecular formula is C16H29N3O. The molecule has 0 aliphatic carbocycles. The Balaban J connectivity index is 2.45. The van der Waals surface area contributed by atoms with Crippen LogP contribution in [0, 0.1) is 0 Å². The minimum absolute atomic E-state index is 0.536. The Bertz CT molecular complexity index is 372. The summed E-state index contributed by atoms with van der Waals surface area (Å²) in [5.74, 6) is 0.832. The van der Waals surface area contributed by atoms with Crippen molar-refractivity contribution < 1.29 is 4.74 Å². The maximum Gasteiger partial charge on any atom is 0.139 e. The van der Waals surface area contributed by atoms with Crippen molar-refractivity contribution in [1.29, 1.82) is 0 Å². The number of nitrogens with one attached hydrogen (secondary N) is 1. The zero-order valence-electron chi connectivity index (χ0n) is 13.5. The number of nitrogens with zero attached hydrogens (tertiary/aromatic N) is 2. The van der Waals surface area contributed by atoms with Crippen LogP contribution < -0.4 is 10.1 Å². The normalized spacial score (nSPS) is 11.4. The van der Waals surface area contributed by atoms with Crippen molar-refractivity contribution in [1.82, 2.24) is 9.88 Å². The number of hydrogen-bond acceptors (Lipinski definition) is 4. The van der Waals surface area contributed by atoms with Crippen molar-refractivity contribution in [3.8, 4) is 5.75 Å². The van der Waals surface area contributed by atoms with Gasteiger partial charge in [-0.15, -0.1) is 0 Å². The summed E-state index contributed by atoms with van der Waals surface area (Å²) in [6.07, 6.45) is 4.70. The van der Waals surface area contributed by atoms with E-state index in [1.807, 2.05) is 12.3 Å². The van der Waals surface area contributed by atoms with Crippen molar-refractivity contribution >= 4 is 5.69 Å². The van der Waals surface area contributed by atoms with Crippen LogP contribution >= 0.6 is 0 Å². The Morgan fingerprint density at radius 1 is 1.20 bits per heavy atom. The van der Waals surface area contributed by atoms with Gasteiger partial charge in [-0.2, -0.15) is 0 Å². The van der Waals surface area contributed by atoms with Crippen molar-refractivity contribution in [2.75, 3.05) is 25.0 Å². The van der Waals surface area contributed by atoms with Gasteiger partial charge in [-0.1, -0.05) is 6.92 Å². The third-order valence-corrected chi connectivity index (χ3v) is 3.24. The predicted molar refractivity (Wildman–Crippen MR) is 85.5 cm³/mol. The summed E-state index contributed by atoms with van der Waals surface area (Å²) in [5.41, 5.74) is 1.02. The largest absolute Gasteiger partial charge is 0.491 e. The maximum atomic E-state index is 5.81. The number of hydrogen-bond donors (Lipinski definition) is 1. The molecule has 0 unspecified atom stereocenters. The first kappa shape index (κ1) is 16.8.